The topological polar surface area (TPSA) is 105 Å². The number of rotatable bonds is 8. The van der Waals surface area contributed by atoms with Crippen molar-refractivity contribution in [1.29, 1.82) is 0 Å². The average molecular weight is 379 g/mol. The third-order valence-electron chi connectivity index (χ3n) is 3.39. The van der Waals surface area contributed by atoms with Crippen LogP contribution in [-0.4, -0.2) is 65.7 Å². The number of nitrogens with one attached hydrogen (secondary N) is 1. The van der Waals surface area contributed by atoms with Gasteiger partial charge in [-0.1, -0.05) is 6.07 Å². The number of fused-ring (bicyclic) bond motifs is 1. The number of hydrogen-bond donors (Lipinski definition) is 1. The van der Waals surface area contributed by atoms with Gasteiger partial charge in [-0.25, -0.2) is 13.1 Å². The maximum Gasteiger partial charge on any atom is 0.278 e. The van der Waals surface area contributed by atoms with Gasteiger partial charge in [0, 0.05) is 33.7 Å². The molecule has 0 radical (unpaired) electrons. The van der Waals surface area contributed by atoms with Gasteiger partial charge in [-0.2, -0.15) is 17.0 Å². The first kappa shape index (κ1) is 18.9. The van der Waals surface area contributed by atoms with Crippen LogP contribution in [0.3, 0.4) is 0 Å². The lowest BCUT2D eigenvalue weighted by Gasteiger charge is -2.21. The fourth-order valence-corrected chi connectivity index (χ4v) is 3.45. The van der Waals surface area contributed by atoms with Gasteiger partial charge >= 0.3 is 0 Å². The van der Waals surface area contributed by atoms with Crippen LogP contribution in [0.15, 0.2) is 18.2 Å². The minimum absolute atomic E-state index is 0.0142. The summed E-state index contributed by atoms with van der Waals surface area (Å²) >= 11 is 0. The van der Waals surface area contributed by atoms with E-state index in [4.69, 9.17) is 9.47 Å². The van der Waals surface area contributed by atoms with Crippen molar-refractivity contribution >= 4 is 20.2 Å². The molecule has 0 atom stereocenters. The van der Waals surface area contributed by atoms with Crippen molar-refractivity contribution in [3.8, 4) is 11.5 Å². The second-order valence-corrected chi connectivity index (χ2v) is 9.42. The van der Waals surface area contributed by atoms with Crippen molar-refractivity contribution in [3.63, 3.8) is 0 Å². The van der Waals surface area contributed by atoms with E-state index in [1.54, 1.807) is 18.2 Å². The zero-order valence-corrected chi connectivity index (χ0v) is 15.4. The highest BCUT2D eigenvalue weighted by molar-refractivity contribution is 7.88. The summed E-state index contributed by atoms with van der Waals surface area (Å²) in [6.07, 6.45) is 1.08. The number of sulfonamides is 1. The second-order valence-electron chi connectivity index (χ2n) is 5.47. The second kappa shape index (κ2) is 7.23. The highest BCUT2D eigenvalue weighted by Gasteiger charge is 2.21. The first-order valence-electron chi connectivity index (χ1n) is 7.10. The molecule has 0 saturated heterocycles. The van der Waals surface area contributed by atoms with Crippen molar-refractivity contribution in [3.05, 3.63) is 23.8 Å². The van der Waals surface area contributed by atoms with Gasteiger partial charge in [-0.3, -0.25) is 0 Å². The third kappa shape index (κ3) is 4.80. The Morgan fingerprint density at radius 2 is 1.79 bits per heavy atom. The van der Waals surface area contributed by atoms with E-state index in [-0.39, 0.29) is 26.4 Å². The Labute approximate surface area is 142 Å². The molecule has 136 valence electrons. The lowest BCUT2D eigenvalue weighted by molar-refractivity contribution is 0.174. The maximum atomic E-state index is 11.9. The monoisotopic (exact) mass is 379 g/mol. The lowest BCUT2D eigenvalue weighted by Crippen LogP contribution is -2.41. The van der Waals surface area contributed by atoms with E-state index in [1.165, 1.54) is 18.4 Å². The molecule has 2 rings (SSSR count). The summed E-state index contributed by atoms with van der Waals surface area (Å²) in [6.45, 7) is 0.235. The first-order valence-corrected chi connectivity index (χ1v) is 10.4. The smallest absolute Gasteiger partial charge is 0.278 e. The van der Waals surface area contributed by atoms with Crippen molar-refractivity contribution in [2.75, 3.05) is 40.2 Å². The molecule has 1 aromatic carbocycles. The Morgan fingerprint density at radius 1 is 1.12 bits per heavy atom. The molecule has 1 heterocycles. The summed E-state index contributed by atoms with van der Waals surface area (Å²) < 4.78 is 62.3. The van der Waals surface area contributed by atoms with Gasteiger partial charge in [0.25, 0.3) is 10.2 Å². The van der Waals surface area contributed by atoms with Crippen LogP contribution in [0, 0.1) is 0 Å². The molecule has 0 saturated carbocycles. The van der Waals surface area contributed by atoms with Crippen LogP contribution < -0.4 is 14.2 Å². The predicted octanol–water partition coefficient (Wildman–Crippen LogP) is -0.427. The van der Waals surface area contributed by atoms with E-state index in [0.29, 0.717) is 11.5 Å². The normalized spacial score (nSPS) is 14.5. The van der Waals surface area contributed by atoms with Crippen LogP contribution >= 0.6 is 0 Å². The van der Waals surface area contributed by atoms with Crippen LogP contribution in [0.2, 0.25) is 0 Å². The molecule has 0 fully saturated rings. The minimum atomic E-state index is -3.59. The molecule has 0 spiro atoms. The highest BCUT2D eigenvalue weighted by Crippen LogP contribution is 2.32. The quantitative estimate of drug-likeness (QED) is 0.657. The standard InChI is InChI=1S/C13H21N3O6S2/c1-15(2)24(19,20)14-6-7-16(23(3,17)18)9-11-4-5-12-13(8-11)22-10-21-12/h4-5,8,14H,6-7,9-10H2,1-3H3. The minimum Gasteiger partial charge on any atom is -0.454 e. The Bertz CT molecular complexity index is 792. The Kier molecular flexibility index (Phi) is 5.71. The molecule has 1 aliphatic heterocycles. The highest BCUT2D eigenvalue weighted by atomic mass is 32.2. The number of benzene rings is 1. The zero-order chi connectivity index (χ0) is 18.0. The molecule has 0 unspecified atom stereocenters. The molecule has 1 N–H and O–H groups in total. The molecule has 9 nitrogen and oxygen atoms in total. The van der Waals surface area contributed by atoms with Crippen LogP contribution in [0.5, 0.6) is 11.5 Å². The largest absolute Gasteiger partial charge is 0.454 e. The third-order valence-corrected chi connectivity index (χ3v) is 6.17. The van der Waals surface area contributed by atoms with E-state index in [9.17, 15) is 16.8 Å². The number of hydrogen-bond acceptors (Lipinski definition) is 6. The van der Waals surface area contributed by atoms with Gasteiger partial charge < -0.3 is 9.47 Å². The van der Waals surface area contributed by atoms with Gasteiger partial charge in [0.2, 0.25) is 16.8 Å². The number of nitrogens with zero attached hydrogens (tertiary/aromatic N) is 2. The maximum absolute atomic E-state index is 11.9. The molecule has 1 aromatic rings. The van der Waals surface area contributed by atoms with Crippen molar-refractivity contribution < 1.29 is 26.3 Å². The Hall–Kier alpha value is -1.40. The summed E-state index contributed by atoms with van der Waals surface area (Å²) in [5, 5.41) is 0. The zero-order valence-electron chi connectivity index (χ0n) is 13.7. The number of ether oxygens (including phenoxy) is 2. The van der Waals surface area contributed by atoms with Crippen molar-refractivity contribution in [1.82, 2.24) is 13.3 Å². The van der Waals surface area contributed by atoms with Gasteiger partial charge in [0.05, 0.1) is 6.26 Å². The SMILES string of the molecule is CN(C)S(=O)(=O)NCCN(Cc1ccc2c(c1)OCO2)S(C)(=O)=O. The molecular formula is C13H21N3O6S2. The lowest BCUT2D eigenvalue weighted by atomic mass is 10.2. The van der Waals surface area contributed by atoms with Crippen LogP contribution in [0.25, 0.3) is 0 Å². The van der Waals surface area contributed by atoms with E-state index in [2.05, 4.69) is 4.72 Å². The fraction of sp³-hybridized carbons (Fsp3) is 0.538. The van der Waals surface area contributed by atoms with Gasteiger partial charge in [0.15, 0.2) is 11.5 Å². The summed E-state index contributed by atoms with van der Waals surface area (Å²) in [6, 6.07) is 5.17. The fourth-order valence-electron chi connectivity index (χ4n) is 2.03. The molecule has 0 aromatic heterocycles. The van der Waals surface area contributed by atoms with E-state index in [0.717, 1.165) is 16.1 Å². The van der Waals surface area contributed by atoms with Crippen LogP contribution in [-0.2, 0) is 26.8 Å². The summed E-state index contributed by atoms with van der Waals surface area (Å²) in [4.78, 5) is 0. The summed E-state index contributed by atoms with van der Waals surface area (Å²) in [7, 11) is -4.31. The summed E-state index contributed by atoms with van der Waals surface area (Å²) in [5.74, 6) is 1.18. The Balaban J connectivity index is 2.04. The molecule has 24 heavy (non-hydrogen) atoms. The van der Waals surface area contributed by atoms with E-state index < -0.39 is 20.2 Å². The predicted molar refractivity (Wildman–Crippen MR) is 88.4 cm³/mol. The first-order chi connectivity index (χ1) is 11.1. The molecule has 0 bridgehead atoms. The van der Waals surface area contributed by atoms with Crippen LogP contribution in [0.1, 0.15) is 5.56 Å². The van der Waals surface area contributed by atoms with Crippen LogP contribution in [0.4, 0.5) is 0 Å². The van der Waals surface area contributed by atoms with Gasteiger partial charge in [-0.15, -0.1) is 0 Å². The van der Waals surface area contributed by atoms with Crippen molar-refractivity contribution in [2.45, 2.75) is 6.54 Å². The van der Waals surface area contributed by atoms with Crippen molar-refractivity contribution in [2.24, 2.45) is 0 Å². The molecular weight excluding hydrogens is 358 g/mol. The van der Waals surface area contributed by atoms with E-state index in [1.807, 2.05) is 0 Å². The molecule has 0 aliphatic carbocycles. The molecule has 11 heteroatoms. The molecule has 1 aliphatic rings. The molecule has 0 amide bonds. The average Bonchev–Trinajstić information content (AvgIpc) is 2.92. The van der Waals surface area contributed by atoms with Gasteiger partial charge in [-0.05, 0) is 17.7 Å². The van der Waals surface area contributed by atoms with E-state index >= 15 is 0 Å². The van der Waals surface area contributed by atoms with Gasteiger partial charge in [0.1, 0.15) is 0 Å². The summed E-state index contributed by atoms with van der Waals surface area (Å²) in [5.41, 5.74) is 0.722. The Morgan fingerprint density at radius 3 is 2.42 bits per heavy atom.